The van der Waals surface area contributed by atoms with Crippen LogP contribution in [0.5, 0.6) is 5.88 Å². The van der Waals surface area contributed by atoms with Gasteiger partial charge in [0.2, 0.25) is 5.88 Å². The van der Waals surface area contributed by atoms with Gasteiger partial charge in [0.1, 0.15) is 18.3 Å². The summed E-state index contributed by atoms with van der Waals surface area (Å²) in [5.74, 6) is 0.386. The molecule has 2 atom stereocenters. The topological polar surface area (TPSA) is 153 Å². The highest BCUT2D eigenvalue weighted by molar-refractivity contribution is 6.06. The Kier molecular flexibility index (Phi) is 12.7. The van der Waals surface area contributed by atoms with Gasteiger partial charge in [0.05, 0.1) is 74.9 Å². The number of aromatic nitrogens is 3. The lowest BCUT2D eigenvalue weighted by molar-refractivity contribution is 0.00000309. The van der Waals surface area contributed by atoms with E-state index < -0.39 is 0 Å². The molecule has 48 heavy (non-hydrogen) atoms. The Morgan fingerprint density at radius 2 is 1.69 bits per heavy atom. The van der Waals surface area contributed by atoms with Crippen LogP contribution in [-0.2, 0) is 18.9 Å². The van der Waals surface area contributed by atoms with Crippen molar-refractivity contribution in [2.45, 2.75) is 45.2 Å². The van der Waals surface area contributed by atoms with Crippen molar-refractivity contribution in [1.82, 2.24) is 14.6 Å². The molecule has 0 radical (unpaired) electrons. The second kappa shape index (κ2) is 17.3. The number of nitrogens with two attached hydrogens (primary N) is 2. The Morgan fingerprint density at radius 3 is 2.38 bits per heavy atom. The van der Waals surface area contributed by atoms with Crippen molar-refractivity contribution in [1.29, 1.82) is 0 Å². The molecule has 0 saturated heterocycles. The van der Waals surface area contributed by atoms with E-state index in [0.717, 1.165) is 52.7 Å². The Morgan fingerprint density at radius 1 is 0.958 bits per heavy atom. The molecule has 1 fully saturated rings. The highest BCUT2D eigenvalue weighted by Gasteiger charge is 2.25. The number of nitrogens with one attached hydrogen (secondary N) is 1. The fourth-order valence-electron chi connectivity index (χ4n) is 5.60. The molecule has 1 aliphatic carbocycles. The van der Waals surface area contributed by atoms with Crippen molar-refractivity contribution >= 4 is 22.7 Å². The van der Waals surface area contributed by atoms with Crippen molar-refractivity contribution in [3.8, 4) is 17.0 Å². The maximum Gasteiger partial charge on any atom is 0.213 e. The third kappa shape index (κ3) is 9.48. The van der Waals surface area contributed by atoms with Gasteiger partial charge in [-0.25, -0.2) is 18.9 Å². The molecule has 3 heterocycles. The monoisotopic (exact) mass is 663 g/mol. The molecule has 5 rings (SSSR count). The van der Waals surface area contributed by atoms with E-state index in [-0.39, 0.29) is 23.7 Å². The number of anilines is 1. The van der Waals surface area contributed by atoms with Crippen LogP contribution in [0.15, 0.2) is 53.9 Å². The van der Waals surface area contributed by atoms with E-state index >= 15 is 0 Å². The number of hydrogen-bond acceptors (Lipinski definition) is 10. The Hall–Kier alpha value is -4.14. The minimum absolute atomic E-state index is 0.143. The number of benzene rings is 1. The smallest absolute Gasteiger partial charge is 0.213 e. The lowest BCUT2D eigenvalue weighted by Gasteiger charge is -2.18. The third-order valence-electron chi connectivity index (χ3n) is 8.20. The van der Waals surface area contributed by atoms with Gasteiger partial charge in [-0.05, 0) is 62.4 Å². The average molecular weight is 664 g/mol. The van der Waals surface area contributed by atoms with Crippen molar-refractivity contribution in [3.05, 3.63) is 71.4 Å². The number of halogens is 1. The maximum atomic E-state index is 14.0. The SMILES string of the molecule is COCCOCCOCCOCCOc1cc(C)c(-c2cc3c(N[C@@H]4CC[C@H](N)C4)c(C(N)=Nc4cc(F)ccc4C)cnn3c2)cn1. The second-order valence-electron chi connectivity index (χ2n) is 11.8. The Labute approximate surface area is 280 Å². The second-order valence-corrected chi connectivity index (χ2v) is 11.8. The molecule has 0 amide bonds. The predicted octanol–water partition coefficient (Wildman–Crippen LogP) is 4.56. The molecule has 3 aromatic heterocycles. The summed E-state index contributed by atoms with van der Waals surface area (Å²) >= 11 is 0. The molecule has 0 aliphatic heterocycles. The lowest BCUT2D eigenvalue weighted by atomic mass is 10.1. The average Bonchev–Trinajstić information content (AvgIpc) is 3.69. The number of aryl methyl sites for hydroxylation is 2. The molecule has 1 saturated carbocycles. The van der Waals surface area contributed by atoms with Crippen LogP contribution >= 0.6 is 0 Å². The highest BCUT2D eigenvalue weighted by atomic mass is 19.1. The molecular weight excluding hydrogens is 617 g/mol. The van der Waals surface area contributed by atoms with Gasteiger partial charge >= 0.3 is 0 Å². The number of hydrogen-bond donors (Lipinski definition) is 3. The molecule has 0 spiro atoms. The first-order valence-electron chi connectivity index (χ1n) is 16.3. The number of aliphatic imine (C=N–C) groups is 1. The highest BCUT2D eigenvalue weighted by Crippen LogP contribution is 2.33. The number of nitrogens with zero attached hydrogens (tertiary/aromatic N) is 4. The Bertz CT molecular complexity index is 1680. The van der Waals surface area contributed by atoms with Crippen LogP contribution in [0.25, 0.3) is 16.6 Å². The van der Waals surface area contributed by atoms with E-state index in [1.165, 1.54) is 12.1 Å². The standard InChI is InChI=1S/C35H46FN7O5/c1-23-4-5-26(36)18-31(23)42-35(38)30-21-40-43-22-25(17-32(43)34(30)41-28-7-6-27(37)19-28)29-20-39-33(16-24(29)2)48-15-14-47-13-12-46-11-10-45-9-8-44-3/h4-5,16-18,20-22,27-28,41H,6-15,19,37H2,1-3H3,(H2,38,42)/t27-,28+/m0/s1. The minimum Gasteiger partial charge on any atom is -0.475 e. The van der Waals surface area contributed by atoms with Gasteiger partial charge in [-0.3, -0.25) is 0 Å². The lowest BCUT2D eigenvalue weighted by Crippen LogP contribution is -2.24. The molecule has 1 aromatic carbocycles. The maximum absolute atomic E-state index is 14.0. The minimum atomic E-state index is -0.374. The summed E-state index contributed by atoms with van der Waals surface area (Å²) in [6.07, 6.45) is 8.18. The normalized spacial score (nSPS) is 16.6. The van der Waals surface area contributed by atoms with Gasteiger partial charge in [-0.2, -0.15) is 5.10 Å². The number of amidine groups is 1. The van der Waals surface area contributed by atoms with Crippen molar-refractivity contribution in [3.63, 3.8) is 0 Å². The van der Waals surface area contributed by atoms with Crippen LogP contribution in [0.2, 0.25) is 0 Å². The fraction of sp³-hybridized carbons (Fsp3) is 0.457. The Balaban J connectivity index is 1.26. The number of rotatable bonds is 18. The first kappa shape index (κ1) is 35.2. The quantitative estimate of drug-likeness (QED) is 0.0785. The van der Waals surface area contributed by atoms with Crippen molar-refractivity contribution in [2.24, 2.45) is 16.5 Å². The summed E-state index contributed by atoms with van der Waals surface area (Å²) in [6, 6.07) is 8.75. The molecule has 1 aliphatic rings. The molecule has 13 heteroatoms. The first-order valence-corrected chi connectivity index (χ1v) is 16.3. The van der Waals surface area contributed by atoms with E-state index in [2.05, 4.69) is 26.5 Å². The summed E-state index contributed by atoms with van der Waals surface area (Å²) in [5.41, 5.74) is 19.2. The molecule has 5 N–H and O–H groups in total. The summed E-state index contributed by atoms with van der Waals surface area (Å²) in [4.78, 5) is 9.14. The van der Waals surface area contributed by atoms with Gasteiger partial charge in [-0.15, -0.1) is 0 Å². The zero-order valence-electron chi connectivity index (χ0n) is 27.9. The molecule has 0 unspecified atom stereocenters. The van der Waals surface area contributed by atoms with Gasteiger partial charge < -0.3 is 40.5 Å². The van der Waals surface area contributed by atoms with Crippen LogP contribution in [0.4, 0.5) is 15.8 Å². The van der Waals surface area contributed by atoms with Gasteiger partial charge in [0, 0.05) is 48.8 Å². The number of methoxy groups -OCH3 is 1. The van der Waals surface area contributed by atoms with Crippen LogP contribution in [0, 0.1) is 19.7 Å². The first-order chi connectivity index (χ1) is 23.3. The van der Waals surface area contributed by atoms with E-state index in [0.29, 0.717) is 70.0 Å². The van der Waals surface area contributed by atoms with E-state index in [4.69, 9.17) is 35.2 Å². The number of ether oxygens (including phenoxy) is 5. The molecule has 4 aromatic rings. The molecule has 0 bridgehead atoms. The fourth-order valence-corrected chi connectivity index (χ4v) is 5.60. The van der Waals surface area contributed by atoms with Crippen LogP contribution in [-0.4, -0.2) is 92.5 Å². The summed E-state index contributed by atoms with van der Waals surface area (Å²) < 4.78 is 43.0. The third-order valence-corrected chi connectivity index (χ3v) is 8.20. The van der Waals surface area contributed by atoms with E-state index in [1.807, 2.05) is 30.6 Å². The van der Waals surface area contributed by atoms with Crippen LogP contribution in [0.3, 0.4) is 0 Å². The van der Waals surface area contributed by atoms with Crippen molar-refractivity contribution in [2.75, 3.05) is 65.3 Å². The van der Waals surface area contributed by atoms with Crippen LogP contribution in [0.1, 0.15) is 36.0 Å². The number of fused-ring (bicyclic) bond motifs is 1. The number of pyridine rings is 1. The van der Waals surface area contributed by atoms with E-state index in [9.17, 15) is 4.39 Å². The molecule has 258 valence electrons. The summed E-state index contributed by atoms with van der Waals surface area (Å²) in [5, 5.41) is 8.34. The zero-order chi connectivity index (χ0) is 33.9. The van der Waals surface area contributed by atoms with Gasteiger partial charge in [-0.1, -0.05) is 6.07 Å². The predicted molar refractivity (Wildman–Crippen MR) is 184 cm³/mol. The summed E-state index contributed by atoms with van der Waals surface area (Å²) in [6.45, 7) is 7.80. The van der Waals surface area contributed by atoms with Crippen molar-refractivity contribution < 1.29 is 28.1 Å². The van der Waals surface area contributed by atoms with Crippen LogP contribution < -0.4 is 21.5 Å². The molecular formula is C35H46FN7O5. The van der Waals surface area contributed by atoms with Gasteiger partial charge in [0.15, 0.2) is 0 Å². The van der Waals surface area contributed by atoms with E-state index in [1.54, 1.807) is 25.6 Å². The largest absolute Gasteiger partial charge is 0.475 e. The summed E-state index contributed by atoms with van der Waals surface area (Å²) in [7, 11) is 1.64. The van der Waals surface area contributed by atoms with Gasteiger partial charge in [0.25, 0.3) is 0 Å². The zero-order valence-corrected chi connectivity index (χ0v) is 27.9. The molecule has 12 nitrogen and oxygen atoms in total.